The molecule has 0 radical (unpaired) electrons. The van der Waals surface area contributed by atoms with Crippen LogP contribution in [-0.4, -0.2) is 32.8 Å². The lowest BCUT2D eigenvalue weighted by atomic mass is 9.97. The molecule has 0 spiro atoms. The highest BCUT2D eigenvalue weighted by molar-refractivity contribution is 6.30. The fraction of sp³-hybridized carbons (Fsp3) is 0.190. The van der Waals surface area contributed by atoms with E-state index in [4.69, 9.17) is 17.3 Å². The topological polar surface area (TPSA) is 95.7 Å². The van der Waals surface area contributed by atoms with Gasteiger partial charge in [-0.3, -0.25) is 5.10 Å². The number of benzene rings is 2. The fourth-order valence-electron chi connectivity index (χ4n) is 3.94. The Bertz CT molecular complexity index is 1170. The molecule has 4 aromatic rings. The van der Waals surface area contributed by atoms with Crippen LogP contribution >= 0.6 is 11.6 Å². The third-order valence-corrected chi connectivity index (χ3v) is 5.40. The normalized spacial score (nSPS) is 16.0. The molecule has 146 valence electrons. The van der Waals surface area contributed by atoms with Crippen LogP contribution in [0.2, 0.25) is 5.02 Å². The van der Waals surface area contributed by atoms with Crippen LogP contribution in [0.4, 0.5) is 17.5 Å². The molecule has 1 atom stereocenters. The average molecular weight is 406 g/mol. The number of para-hydroxylation sites is 1. The lowest BCUT2D eigenvalue weighted by Gasteiger charge is -2.37. The predicted molar refractivity (Wildman–Crippen MR) is 116 cm³/mol. The number of aromatic nitrogens is 4. The number of fused-ring (bicyclic) bond motifs is 2. The van der Waals surface area contributed by atoms with Crippen molar-refractivity contribution in [1.29, 1.82) is 0 Å². The molecule has 4 N–H and O–H groups in total. The second-order valence-corrected chi connectivity index (χ2v) is 7.68. The Balaban J connectivity index is 1.45. The number of nitrogens with one attached hydrogen (secondary N) is 2. The Morgan fingerprint density at radius 3 is 2.97 bits per heavy atom. The summed E-state index contributed by atoms with van der Waals surface area (Å²) in [5.41, 5.74) is 10.2. The Morgan fingerprint density at radius 2 is 2.07 bits per heavy atom. The maximum atomic E-state index is 6.19. The van der Waals surface area contributed by atoms with Crippen molar-refractivity contribution >= 4 is 40.1 Å². The van der Waals surface area contributed by atoms with Gasteiger partial charge in [0.05, 0.1) is 11.6 Å². The SMILES string of the molecule is Nc1nc(NC2Cc3ccccc3N(Cc3cccc(Cl)c3)C2)c2cn[nH]c2n1. The van der Waals surface area contributed by atoms with E-state index in [9.17, 15) is 0 Å². The molecule has 1 aliphatic rings. The molecule has 0 saturated heterocycles. The van der Waals surface area contributed by atoms with Crippen molar-refractivity contribution in [3.05, 3.63) is 70.9 Å². The maximum absolute atomic E-state index is 6.19. The maximum Gasteiger partial charge on any atom is 0.224 e. The van der Waals surface area contributed by atoms with Crippen LogP contribution in [0.1, 0.15) is 11.1 Å². The zero-order valence-corrected chi connectivity index (χ0v) is 16.4. The zero-order valence-electron chi connectivity index (χ0n) is 15.6. The summed E-state index contributed by atoms with van der Waals surface area (Å²) in [6, 6.07) is 16.7. The van der Waals surface area contributed by atoms with Gasteiger partial charge in [-0.15, -0.1) is 0 Å². The third-order valence-electron chi connectivity index (χ3n) is 5.17. The van der Waals surface area contributed by atoms with E-state index in [1.54, 1.807) is 6.20 Å². The smallest absolute Gasteiger partial charge is 0.224 e. The molecule has 1 aliphatic heterocycles. The Labute approximate surface area is 172 Å². The van der Waals surface area contributed by atoms with Crippen LogP contribution in [0.15, 0.2) is 54.7 Å². The molecular formula is C21H20ClN7. The third kappa shape index (κ3) is 3.56. The van der Waals surface area contributed by atoms with Crippen molar-refractivity contribution in [3.63, 3.8) is 0 Å². The summed E-state index contributed by atoms with van der Waals surface area (Å²) in [6.45, 7) is 1.61. The molecule has 0 bridgehead atoms. The van der Waals surface area contributed by atoms with Crippen molar-refractivity contribution in [2.75, 3.05) is 22.5 Å². The molecule has 1 unspecified atom stereocenters. The molecule has 0 amide bonds. The first-order valence-electron chi connectivity index (χ1n) is 9.46. The predicted octanol–water partition coefficient (Wildman–Crippen LogP) is 3.63. The van der Waals surface area contributed by atoms with Crippen LogP contribution < -0.4 is 16.0 Å². The minimum atomic E-state index is 0.163. The van der Waals surface area contributed by atoms with Gasteiger partial charge in [-0.05, 0) is 35.7 Å². The lowest BCUT2D eigenvalue weighted by molar-refractivity contribution is 0.628. The number of anilines is 3. The molecule has 0 aliphatic carbocycles. The number of nitrogens with two attached hydrogens (primary N) is 1. The average Bonchev–Trinajstić information content (AvgIpc) is 3.17. The number of hydrogen-bond donors (Lipinski definition) is 3. The minimum Gasteiger partial charge on any atom is -0.368 e. The summed E-state index contributed by atoms with van der Waals surface area (Å²) in [6.07, 6.45) is 2.61. The highest BCUT2D eigenvalue weighted by Gasteiger charge is 2.25. The second-order valence-electron chi connectivity index (χ2n) is 7.25. The van der Waals surface area contributed by atoms with Crippen molar-refractivity contribution in [2.45, 2.75) is 19.0 Å². The summed E-state index contributed by atoms with van der Waals surface area (Å²) in [5, 5.41) is 12.1. The van der Waals surface area contributed by atoms with E-state index >= 15 is 0 Å². The highest BCUT2D eigenvalue weighted by atomic mass is 35.5. The van der Waals surface area contributed by atoms with Gasteiger partial charge in [0.25, 0.3) is 0 Å². The van der Waals surface area contributed by atoms with E-state index in [-0.39, 0.29) is 12.0 Å². The standard InChI is InChI=1S/C21H20ClN7/c22-15-6-3-4-13(8-15)11-29-12-16(9-14-5-1-2-7-18(14)29)25-19-17-10-24-28-20(17)27-21(23)26-19/h1-8,10,16H,9,11-12H2,(H4,23,24,25,26,27,28). The summed E-state index contributed by atoms with van der Waals surface area (Å²) >= 11 is 6.19. The van der Waals surface area contributed by atoms with Gasteiger partial charge in [0.2, 0.25) is 5.95 Å². The van der Waals surface area contributed by atoms with E-state index < -0.39 is 0 Å². The first kappa shape index (κ1) is 17.8. The quantitative estimate of drug-likeness (QED) is 0.479. The van der Waals surface area contributed by atoms with Gasteiger partial charge in [0.1, 0.15) is 5.82 Å². The lowest BCUT2D eigenvalue weighted by Crippen LogP contribution is -2.42. The summed E-state index contributed by atoms with van der Waals surface area (Å²) in [5.74, 6) is 0.921. The number of hydrogen-bond acceptors (Lipinski definition) is 6. The summed E-state index contributed by atoms with van der Waals surface area (Å²) < 4.78 is 0. The number of nitrogens with zero attached hydrogens (tertiary/aromatic N) is 4. The number of halogens is 1. The van der Waals surface area contributed by atoms with Gasteiger partial charge in [-0.1, -0.05) is 41.9 Å². The first-order chi connectivity index (χ1) is 14.2. The molecule has 7 nitrogen and oxygen atoms in total. The fourth-order valence-corrected chi connectivity index (χ4v) is 4.16. The summed E-state index contributed by atoms with van der Waals surface area (Å²) in [7, 11) is 0. The second kappa shape index (κ2) is 7.25. The molecule has 5 rings (SSSR count). The van der Waals surface area contributed by atoms with Gasteiger partial charge in [-0.2, -0.15) is 15.1 Å². The van der Waals surface area contributed by atoms with E-state index in [1.165, 1.54) is 16.8 Å². The van der Waals surface area contributed by atoms with E-state index in [0.29, 0.717) is 11.5 Å². The number of aromatic amines is 1. The number of nitrogen functional groups attached to an aromatic ring is 1. The van der Waals surface area contributed by atoms with Crippen molar-refractivity contribution in [3.8, 4) is 0 Å². The Kier molecular flexibility index (Phi) is 4.44. The molecule has 2 aromatic heterocycles. The Hall–Kier alpha value is -3.32. The van der Waals surface area contributed by atoms with E-state index in [0.717, 1.165) is 29.9 Å². The monoisotopic (exact) mass is 405 g/mol. The molecule has 2 aromatic carbocycles. The minimum absolute atomic E-state index is 0.163. The van der Waals surface area contributed by atoms with Gasteiger partial charge in [-0.25, -0.2) is 0 Å². The molecule has 0 saturated carbocycles. The molecule has 3 heterocycles. The van der Waals surface area contributed by atoms with Gasteiger partial charge >= 0.3 is 0 Å². The van der Waals surface area contributed by atoms with Crippen LogP contribution in [-0.2, 0) is 13.0 Å². The highest BCUT2D eigenvalue weighted by Crippen LogP contribution is 2.30. The van der Waals surface area contributed by atoms with Crippen LogP contribution in [0.25, 0.3) is 11.0 Å². The van der Waals surface area contributed by atoms with Gasteiger partial charge < -0.3 is 16.0 Å². The van der Waals surface area contributed by atoms with E-state index in [2.05, 4.69) is 60.7 Å². The van der Waals surface area contributed by atoms with Crippen LogP contribution in [0.3, 0.4) is 0 Å². The molecule has 29 heavy (non-hydrogen) atoms. The molecule has 8 heteroatoms. The molecule has 0 fully saturated rings. The number of rotatable bonds is 4. The Morgan fingerprint density at radius 1 is 1.17 bits per heavy atom. The zero-order chi connectivity index (χ0) is 19.8. The molecular weight excluding hydrogens is 386 g/mol. The van der Waals surface area contributed by atoms with Crippen LogP contribution in [0.5, 0.6) is 0 Å². The summed E-state index contributed by atoms with van der Waals surface area (Å²) in [4.78, 5) is 11.0. The van der Waals surface area contributed by atoms with Crippen molar-refractivity contribution in [1.82, 2.24) is 20.2 Å². The van der Waals surface area contributed by atoms with Crippen LogP contribution in [0, 0.1) is 0 Å². The largest absolute Gasteiger partial charge is 0.368 e. The first-order valence-corrected chi connectivity index (χ1v) is 9.84. The van der Waals surface area contributed by atoms with Gasteiger partial charge in [0, 0.05) is 29.8 Å². The van der Waals surface area contributed by atoms with E-state index in [1.807, 2.05) is 18.2 Å². The van der Waals surface area contributed by atoms with Gasteiger partial charge in [0.15, 0.2) is 5.65 Å². The van der Waals surface area contributed by atoms with Crippen molar-refractivity contribution in [2.24, 2.45) is 0 Å². The number of H-pyrrole nitrogens is 1. The van der Waals surface area contributed by atoms with Crippen molar-refractivity contribution < 1.29 is 0 Å².